The van der Waals surface area contributed by atoms with Crippen LogP contribution in [0, 0.1) is 5.92 Å². The number of nitrogens with zero attached hydrogens (tertiary/aromatic N) is 1. The van der Waals surface area contributed by atoms with Gasteiger partial charge in [-0.05, 0) is 65.6 Å². The second-order valence-corrected chi connectivity index (χ2v) is 6.68. The summed E-state index contributed by atoms with van der Waals surface area (Å²) in [6.07, 6.45) is 5.43. The average molecular weight is 239 g/mol. The van der Waals surface area contributed by atoms with Gasteiger partial charge in [0.25, 0.3) is 0 Å². The summed E-state index contributed by atoms with van der Waals surface area (Å²) < 4.78 is 0. The van der Waals surface area contributed by atoms with Crippen LogP contribution in [-0.4, -0.2) is 49.7 Å². The topological polar surface area (TPSA) is 27.3 Å². The Morgan fingerprint density at radius 3 is 2.88 bits per heavy atom. The largest absolute Gasteiger partial charge is 0.313 e. The molecular formula is C14H29N3. The van der Waals surface area contributed by atoms with Crippen LogP contribution in [0.1, 0.15) is 39.5 Å². The highest BCUT2D eigenvalue weighted by atomic mass is 15.1. The van der Waals surface area contributed by atoms with Crippen molar-refractivity contribution in [3.05, 3.63) is 0 Å². The van der Waals surface area contributed by atoms with E-state index in [0.717, 1.165) is 12.5 Å². The number of likely N-dealkylation sites (tertiary alicyclic amines) is 1. The van der Waals surface area contributed by atoms with Gasteiger partial charge in [0, 0.05) is 24.7 Å². The van der Waals surface area contributed by atoms with E-state index in [1.54, 1.807) is 0 Å². The summed E-state index contributed by atoms with van der Waals surface area (Å²) in [4.78, 5) is 2.48. The Kier molecular flexibility index (Phi) is 4.45. The number of piperidine rings is 1. The van der Waals surface area contributed by atoms with Gasteiger partial charge in [-0.15, -0.1) is 0 Å². The molecule has 2 aliphatic rings. The van der Waals surface area contributed by atoms with Gasteiger partial charge in [0.05, 0.1) is 0 Å². The maximum absolute atomic E-state index is 3.72. The first-order valence-corrected chi connectivity index (χ1v) is 7.22. The van der Waals surface area contributed by atoms with Gasteiger partial charge < -0.3 is 15.5 Å². The van der Waals surface area contributed by atoms with Gasteiger partial charge in [-0.3, -0.25) is 0 Å². The molecule has 2 N–H and O–H groups in total. The molecule has 2 heterocycles. The zero-order valence-corrected chi connectivity index (χ0v) is 11.8. The number of hydrogen-bond donors (Lipinski definition) is 2. The lowest BCUT2D eigenvalue weighted by Gasteiger charge is -2.30. The van der Waals surface area contributed by atoms with Gasteiger partial charge in [0.1, 0.15) is 0 Å². The van der Waals surface area contributed by atoms with Crippen LogP contribution in [0.2, 0.25) is 0 Å². The van der Waals surface area contributed by atoms with E-state index >= 15 is 0 Å². The summed E-state index contributed by atoms with van der Waals surface area (Å²) in [7, 11) is 2.25. The lowest BCUT2D eigenvalue weighted by atomic mass is 9.95. The molecule has 0 aromatic rings. The molecule has 0 bridgehead atoms. The van der Waals surface area contributed by atoms with Crippen molar-refractivity contribution in [3.8, 4) is 0 Å². The molecule has 0 amide bonds. The highest BCUT2D eigenvalue weighted by molar-refractivity contribution is 4.93. The third-order valence-corrected chi connectivity index (χ3v) is 4.29. The summed E-state index contributed by atoms with van der Waals surface area (Å²) in [5, 5.41) is 7.29. The summed E-state index contributed by atoms with van der Waals surface area (Å²) in [5.41, 5.74) is 0.336. The van der Waals surface area contributed by atoms with Crippen LogP contribution in [0.3, 0.4) is 0 Å². The monoisotopic (exact) mass is 239 g/mol. The van der Waals surface area contributed by atoms with E-state index in [2.05, 4.69) is 36.4 Å². The summed E-state index contributed by atoms with van der Waals surface area (Å²) in [6, 6.07) is 0.686. The maximum Gasteiger partial charge on any atom is 0.0210 e. The first-order chi connectivity index (χ1) is 8.05. The van der Waals surface area contributed by atoms with Gasteiger partial charge in [-0.25, -0.2) is 0 Å². The second-order valence-electron chi connectivity index (χ2n) is 6.68. The third-order valence-electron chi connectivity index (χ3n) is 4.29. The zero-order valence-electron chi connectivity index (χ0n) is 11.8. The summed E-state index contributed by atoms with van der Waals surface area (Å²) in [6.45, 7) is 9.52. The minimum atomic E-state index is 0.336. The van der Waals surface area contributed by atoms with Crippen molar-refractivity contribution in [3.63, 3.8) is 0 Å². The van der Waals surface area contributed by atoms with Gasteiger partial charge >= 0.3 is 0 Å². The number of hydrogen-bond acceptors (Lipinski definition) is 3. The highest BCUT2D eigenvalue weighted by Gasteiger charge is 2.29. The van der Waals surface area contributed by atoms with Crippen LogP contribution in [0.15, 0.2) is 0 Å². The maximum atomic E-state index is 3.72. The SMILES string of the molecule is CN1CCCC(CCNC2CNC(C)(C)C2)C1. The normalized spacial score (nSPS) is 34.1. The molecule has 0 aromatic carbocycles. The fourth-order valence-electron chi connectivity index (χ4n) is 3.30. The molecule has 0 aliphatic carbocycles. The van der Waals surface area contributed by atoms with Gasteiger partial charge in [-0.1, -0.05) is 0 Å². The van der Waals surface area contributed by atoms with Crippen LogP contribution in [0.5, 0.6) is 0 Å². The smallest absolute Gasteiger partial charge is 0.0210 e. The lowest BCUT2D eigenvalue weighted by molar-refractivity contribution is 0.200. The Balaban J connectivity index is 1.60. The van der Waals surface area contributed by atoms with Crippen LogP contribution >= 0.6 is 0 Å². The van der Waals surface area contributed by atoms with Crippen LogP contribution in [0.25, 0.3) is 0 Å². The number of nitrogens with one attached hydrogen (secondary N) is 2. The molecule has 0 aromatic heterocycles. The number of rotatable bonds is 4. The van der Waals surface area contributed by atoms with Crippen LogP contribution in [-0.2, 0) is 0 Å². The van der Waals surface area contributed by atoms with Gasteiger partial charge in [0.15, 0.2) is 0 Å². The van der Waals surface area contributed by atoms with E-state index in [0.29, 0.717) is 11.6 Å². The second kappa shape index (κ2) is 5.68. The fourth-order valence-corrected chi connectivity index (χ4v) is 3.30. The molecular weight excluding hydrogens is 210 g/mol. The molecule has 3 nitrogen and oxygen atoms in total. The summed E-state index contributed by atoms with van der Waals surface area (Å²) in [5.74, 6) is 0.920. The molecule has 2 fully saturated rings. The summed E-state index contributed by atoms with van der Waals surface area (Å²) >= 11 is 0. The van der Waals surface area contributed by atoms with Crippen molar-refractivity contribution in [1.82, 2.24) is 15.5 Å². The lowest BCUT2D eigenvalue weighted by Crippen LogP contribution is -2.36. The van der Waals surface area contributed by atoms with E-state index in [4.69, 9.17) is 0 Å². The van der Waals surface area contributed by atoms with Gasteiger partial charge in [0.2, 0.25) is 0 Å². The van der Waals surface area contributed by atoms with Crippen LogP contribution in [0.4, 0.5) is 0 Å². The van der Waals surface area contributed by atoms with Crippen molar-refractivity contribution < 1.29 is 0 Å². The van der Waals surface area contributed by atoms with Crippen LogP contribution < -0.4 is 10.6 Å². The average Bonchev–Trinajstić information content (AvgIpc) is 2.58. The molecule has 2 rings (SSSR count). The van der Waals surface area contributed by atoms with Crippen molar-refractivity contribution in [2.75, 3.05) is 33.2 Å². The van der Waals surface area contributed by atoms with Crippen molar-refractivity contribution >= 4 is 0 Å². The van der Waals surface area contributed by atoms with Crippen molar-refractivity contribution in [1.29, 1.82) is 0 Å². The molecule has 3 heteroatoms. The Bertz CT molecular complexity index is 238. The zero-order chi connectivity index (χ0) is 12.3. The third kappa shape index (κ3) is 4.23. The van der Waals surface area contributed by atoms with Crippen molar-refractivity contribution in [2.24, 2.45) is 5.92 Å². The minimum absolute atomic E-state index is 0.336. The van der Waals surface area contributed by atoms with Crippen molar-refractivity contribution in [2.45, 2.75) is 51.1 Å². The quantitative estimate of drug-likeness (QED) is 0.777. The predicted octanol–water partition coefficient (Wildman–Crippen LogP) is 1.45. The van der Waals surface area contributed by atoms with Gasteiger partial charge in [-0.2, -0.15) is 0 Å². The fraction of sp³-hybridized carbons (Fsp3) is 1.00. The Hall–Kier alpha value is -0.120. The molecule has 0 saturated carbocycles. The van der Waals surface area contributed by atoms with E-state index in [1.807, 2.05) is 0 Å². The molecule has 2 unspecified atom stereocenters. The first kappa shape index (κ1) is 13.3. The van der Waals surface area contributed by atoms with E-state index in [-0.39, 0.29) is 0 Å². The van der Waals surface area contributed by atoms with E-state index in [9.17, 15) is 0 Å². The highest BCUT2D eigenvalue weighted by Crippen LogP contribution is 2.20. The standard InChI is InChI=1S/C14H29N3/c1-14(2)9-13(10-16-14)15-7-6-12-5-4-8-17(3)11-12/h12-13,15-16H,4-11H2,1-3H3. The first-order valence-electron chi connectivity index (χ1n) is 7.22. The molecule has 0 radical (unpaired) electrons. The molecule has 2 saturated heterocycles. The Morgan fingerprint density at radius 1 is 1.41 bits per heavy atom. The molecule has 2 atom stereocenters. The Morgan fingerprint density at radius 2 is 2.24 bits per heavy atom. The minimum Gasteiger partial charge on any atom is -0.313 e. The molecule has 17 heavy (non-hydrogen) atoms. The van der Waals surface area contributed by atoms with E-state index in [1.165, 1.54) is 45.3 Å². The van der Waals surface area contributed by atoms with E-state index < -0.39 is 0 Å². The predicted molar refractivity (Wildman–Crippen MR) is 73.3 cm³/mol. The molecule has 100 valence electrons. The molecule has 0 spiro atoms. The molecule has 2 aliphatic heterocycles. The Labute approximate surface area is 106 Å².